The molecule has 3 atom stereocenters. The number of hydrogen-bond acceptors (Lipinski definition) is 9. The molecule has 226 valence electrons. The number of aromatic nitrogens is 3. The molecule has 2 saturated heterocycles. The van der Waals surface area contributed by atoms with E-state index in [0.717, 1.165) is 51.4 Å². The minimum atomic E-state index is -0.302. The lowest BCUT2D eigenvalue weighted by Gasteiger charge is -2.38. The summed E-state index contributed by atoms with van der Waals surface area (Å²) in [5.74, 6) is 1.61. The van der Waals surface area contributed by atoms with E-state index in [0.29, 0.717) is 25.7 Å². The Hall–Kier alpha value is -3.79. The van der Waals surface area contributed by atoms with Gasteiger partial charge in [-0.1, -0.05) is 25.2 Å². The molecule has 5 rings (SSSR count). The molecule has 0 bridgehead atoms. The maximum atomic E-state index is 6.48. The van der Waals surface area contributed by atoms with Gasteiger partial charge in [0, 0.05) is 61.5 Å². The zero-order valence-corrected chi connectivity index (χ0v) is 25.5. The summed E-state index contributed by atoms with van der Waals surface area (Å²) in [5, 5.41) is 8.40. The van der Waals surface area contributed by atoms with Gasteiger partial charge in [0.2, 0.25) is 0 Å². The van der Waals surface area contributed by atoms with E-state index >= 15 is 0 Å². The quantitative estimate of drug-likeness (QED) is 0.311. The number of hydrogen-bond donors (Lipinski definition) is 1. The first-order chi connectivity index (χ1) is 20.5. The van der Waals surface area contributed by atoms with Gasteiger partial charge in [-0.2, -0.15) is 10.2 Å². The van der Waals surface area contributed by atoms with Crippen molar-refractivity contribution in [3.05, 3.63) is 84.1 Å². The lowest BCUT2D eigenvalue weighted by Crippen LogP contribution is -2.44. The minimum Gasteiger partial charge on any atom is -0.497 e. The van der Waals surface area contributed by atoms with Crippen LogP contribution in [0.3, 0.4) is 0 Å². The van der Waals surface area contributed by atoms with Crippen LogP contribution in [0.2, 0.25) is 0 Å². The molecule has 4 aliphatic rings. The summed E-state index contributed by atoms with van der Waals surface area (Å²) in [6.07, 6.45) is 24.4. The first-order valence-electron chi connectivity index (χ1n) is 15.1. The van der Waals surface area contributed by atoms with E-state index < -0.39 is 0 Å². The van der Waals surface area contributed by atoms with Crippen LogP contribution in [0.5, 0.6) is 0 Å². The Morgan fingerprint density at radius 2 is 2.02 bits per heavy atom. The van der Waals surface area contributed by atoms with E-state index in [-0.39, 0.29) is 11.5 Å². The highest BCUT2D eigenvalue weighted by atomic mass is 16.5. The Kier molecular flexibility index (Phi) is 9.84. The number of nitrogens with one attached hydrogen (secondary N) is 1. The van der Waals surface area contributed by atoms with Gasteiger partial charge < -0.3 is 24.2 Å². The summed E-state index contributed by atoms with van der Waals surface area (Å²) in [6.45, 7) is 15.4. The number of ether oxygens (including phenoxy) is 2. The highest BCUT2D eigenvalue weighted by molar-refractivity contribution is 5.59. The van der Waals surface area contributed by atoms with Crippen LogP contribution in [-0.4, -0.2) is 87.5 Å². The van der Waals surface area contributed by atoms with Gasteiger partial charge in [0.25, 0.3) is 0 Å². The van der Waals surface area contributed by atoms with Crippen molar-refractivity contribution in [2.45, 2.75) is 52.7 Å². The molecule has 1 aliphatic carbocycles. The van der Waals surface area contributed by atoms with Crippen molar-refractivity contribution >= 4 is 6.34 Å². The van der Waals surface area contributed by atoms with Crippen LogP contribution in [0, 0.1) is 11.8 Å². The van der Waals surface area contributed by atoms with Crippen LogP contribution < -0.4 is 5.43 Å². The number of allylic oxidation sites excluding steroid dienone is 9. The van der Waals surface area contributed by atoms with E-state index in [1.54, 1.807) is 12.7 Å². The van der Waals surface area contributed by atoms with E-state index in [1.165, 1.54) is 17.1 Å². The number of rotatable bonds is 11. The third-order valence-corrected chi connectivity index (χ3v) is 8.69. The normalized spacial score (nSPS) is 26.0. The fourth-order valence-electron chi connectivity index (χ4n) is 6.01. The van der Waals surface area contributed by atoms with E-state index in [2.05, 4.69) is 112 Å². The van der Waals surface area contributed by atoms with Gasteiger partial charge in [-0.25, -0.2) is 4.98 Å². The van der Waals surface area contributed by atoms with Gasteiger partial charge in [-0.15, -0.1) is 0 Å². The van der Waals surface area contributed by atoms with Crippen LogP contribution in [0.1, 0.15) is 40.5 Å². The summed E-state index contributed by atoms with van der Waals surface area (Å²) in [6, 6.07) is 0. The zero-order chi connectivity index (χ0) is 29.4. The van der Waals surface area contributed by atoms with E-state index in [9.17, 15) is 0 Å². The maximum absolute atomic E-state index is 6.48. The van der Waals surface area contributed by atoms with Gasteiger partial charge in [-0.05, 0) is 57.6 Å². The Morgan fingerprint density at radius 3 is 2.76 bits per heavy atom. The Labute approximate surface area is 250 Å². The van der Waals surface area contributed by atoms with Crippen molar-refractivity contribution in [2.75, 3.05) is 46.1 Å². The molecule has 4 heterocycles. The summed E-state index contributed by atoms with van der Waals surface area (Å²) in [7, 11) is 0. The highest BCUT2D eigenvalue weighted by Crippen LogP contribution is 2.39. The zero-order valence-electron chi connectivity index (χ0n) is 25.5. The van der Waals surface area contributed by atoms with Crippen molar-refractivity contribution in [1.29, 1.82) is 0 Å². The van der Waals surface area contributed by atoms with Crippen LogP contribution in [0.25, 0.3) is 0 Å². The maximum Gasteiger partial charge on any atom is 0.137 e. The van der Waals surface area contributed by atoms with E-state index in [4.69, 9.17) is 9.47 Å². The molecule has 1 aromatic rings. The topological polar surface area (TPSA) is 83.3 Å². The molecule has 0 radical (unpaired) electrons. The lowest BCUT2D eigenvalue weighted by molar-refractivity contribution is -0.0405. The van der Waals surface area contributed by atoms with Crippen molar-refractivity contribution in [3.63, 3.8) is 0 Å². The van der Waals surface area contributed by atoms with E-state index in [1.807, 2.05) is 11.0 Å². The van der Waals surface area contributed by atoms with Gasteiger partial charge >= 0.3 is 0 Å². The molecular weight excluding hydrogens is 528 g/mol. The Bertz CT molecular complexity index is 1250. The average molecular weight is 575 g/mol. The molecule has 10 heteroatoms. The molecule has 3 aliphatic heterocycles. The predicted octanol–water partition coefficient (Wildman–Crippen LogP) is 4.24. The molecule has 1 aromatic heterocycles. The van der Waals surface area contributed by atoms with Crippen LogP contribution >= 0.6 is 0 Å². The summed E-state index contributed by atoms with van der Waals surface area (Å²) < 4.78 is 14.7. The minimum absolute atomic E-state index is 0.269. The fourth-order valence-corrected chi connectivity index (χ4v) is 6.01. The van der Waals surface area contributed by atoms with Crippen LogP contribution in [-0.2, 0) is 16.0 Å². The molecule has 1 N–H and O–H groups in total. The summed E-state index contributed by atoms with van der Waals surface area (Å²) >= 11 is 0. The summed E-state index contributed by atoms with van der Waals surface area (Å²) in [5.41, 5.74) is 6.39. The molecule has 1 unspecified atom stereocenters. The predicted molar refractivity (Wildman–Crippen MR) is 166 cm³/mol. The van der Waals surface area contributed by atoms with Crippen molar-refractivity contribution in [1.82, 2.24) is 34.9 Å². The molecule has 0 amide bonds. The standard InChI is InChI=1S/C32H46N8O2/c1-5-7-26(2)32(21-40-23-33-22-36-40)18-29(20-42-32)19-41-31-9-6-8-30(12-13-31)38-16-14-37(15-17-38)27(3)10-11-28(4)39-24-34-35-25-39/h5-8,10-13,22-24,26,29,35H,9,14-21,25H2,1-4H3/b7-5-,27-10+,28-11+/t26?,29-,32+/m1/s1. The second-order valence-electron chi connectivity index (χ2n) is 11.6. The number of piperazine rings is 1. The largest absolute Gasteiger partial charge is 0.497 e. The molecule has 42 heavy (non-hydrogen) atoms. The van der Waals surface area contributed by atoms with Gasteiger partial charge in [0.15, 0.2) is 0 Å². The Balaban J connectivity index is 1.12. The Morgan fingerprint density at radius 1 is 1.19 bits per heavy atom. The van der Waals surface area contributed by atoms with Gasteiger partial charge in [0.1, 0.15) is 25.7 Å². The SMILES string of the molecule is C/C=C\C(C)[C@@]1(Cn2cncn2)C[C@H](COC2=CC=C(N3CCN(/C(C)=C/C=C(\C)N4C=NNC4)CC3)C=CC2)CO1. The third kappa shape index (κ3) is 7.34. The van der Waals surface area contributed by atoms with Crippen molar-refractivity contribution in [2.24, 2.45) is 16.9 Å². The number of hydrazone groups is 1. The fraction of sp³-hybridized carbons (Fsp3) is 0.531. The van der Waals surface area contributed by atoms with Crippen molar-refractivity contribution in [3.8, 4) is 0 Å². The lowest BCUT2D eigenvalue weighted by atomic mass is 9.83. The molecule has 0 saturated carbocycles. The van der Waals surface area contributed by atoms with Crippen LogP contribution in [0.4, 0.5) is 0 Å². The first-order valence-corrected chi connectivity index (χ1v) is 15.1. The van der Waals surface area contributed by atoms with Crippen LogP contribution in [0.15, 0.2) is 89.2 Å². The van der Waals surface area contributed by atoms with Gasteiger partial charge in [0.05, 0.1) is 31.1 Å². The first kappa shape index (κ1) is 29.7. The highest BCUT2D eigenvalue weighted by Gasteiger charge is 2.44. The molecule has 0 aromatic carbocycles. The molecular formula is C32H46N8O2. The second kappa shape index (κ2) is 13.9. The van der Waals surface area contributed by atoms with Crippen molar-refractivity contribution < 1.29 is 9.47 Å². The van der Waals surface area contributed by atoms with Gasteiger partial charge in [-0.3, -0.25) is 10.1 Å². The molecule has 0 spiro atoms. The monoisotopic (exact) mass is 574 g/mol. The second-order valence-corrected chi connectivity index (χ2v) is 11.6. The third-order valence-electron chi connectivity index (χ3n) is 8.69. The average Bonchev–Trinajstić information content (AvgIpc) is 3.77. The number of nitrogens with zero attached hydrogens (tertiary/aromatic N) is 7. The molecule has 2 fully saturated rings. The smallest absolute Gasteiger partial charge is 0.137 e. The summed E-state index contributed by atoms with van der Waals surface area (Å²) in [4.78, 5) is 11.2. The molecule has 10 nitrogen and oxygen atoms in total.